The number of carbonyl (C=O) groups excluding carboxylic acids is 1. The lowest BCUT2D eigenvalue weighted by atomic mass is 9.49. The molecule has 2 unspecified atom stereocenters. The van der Waals surface area contributed by atoms with Crippen LogP contribution in [0.1, 0.15) is 64.2 Å². The Morgan fingerprint density at radius 1 is 1.05 bits per heavy atom. The van der Waals surface area contributed by atoms with Gasteiger partial charge in [-0.1, -0.05) is 0 Å². The third-order valence-corrected chi connectivity index (χ3v) is 6.62. The minimum Gasteiger partial charge on any atom is -0.352 e. The van der Waals surface area contributed by atoms with Crippen LogP contribution >= 0.6 is 0 Å². The van der Waals surface area contributed by atoms with Crippen LogP contribution in [-0.2, 0) is 4.79 Å². The van der Waals surface area contributed by atoms with Gasteiger partial charge in [0.15, 0.2) is 0 Å². The van der Waals surface area contributed by atoms with Crippen molar-refractivity contribution in [2.24, 2.45) is 28.9 Å². The van der Waals surface area contributed by atoms with Crippen LogP contribution in [0.2, 0.25) is 0 Å². The van der Waals surface area contributed by atoms with Gasteiger partial charge in [-0.2, -0.15) is 0 Å². The summed E-state index contributed by atoms with van der Waals surface area (Å²) in [4.78, 5) is 12.5. The summed E-state index contributed by atoms with van der Waals surface area (Å²) in [7, 11) is 0. The number of nitrogens with two attached hydrogens (primary N) is 1. The molecule has 2 atom stereocenters. The average molecular weight is 276 g/mol. The Morgan fingerprint density at radius 2 is 1.65 bits per heavy atom. The first-order valence-corrected chi connectivity index (χ1v) is 8.67. The van der Waals surface area contributed by atoms with Crippen molar-refractivity contribution in [3.63, 3.8) is 0 Å². The van der Waals surface area contributed by atoms with Gasteiger partial charge in [0, 0.05) is 18.5 Å². The molecule has 3 N–H and O–H groups in total. The minimum atomic E-state index is 0.190. The van der Waals surface area contributed by atoms with Crippen LogP contribution in [0.25, 0.3) is 0 Å². The van der Waals surface area contributed by atoms with E-state index in [1.54, 1.807) is 0 Å². The summed E-state index contributed by atoms with van der Waals surface area (Å²) in [6.45, 7) is 0. The van der Waals surface area contributed by atoms with Gasteiger partial charge in [-0.3, -0.25) is 4.79 Å². The molecule has 3 heteroatoms. The SMILES string of the molecule is NC1CCCC1NC(=O)CC12CC3CC(CC(C3)C1)C2. The molecule has 0 spiro atoms. The fourth-order valence-electron chi connectivity index (χ4n) is 6.27. The van der Waals surface area contributed by atoms with Crippen molar-refractivity contribution in [1.29, 1.82) is 0 Å². The number of amides is 1. The van der Waals surface area contributed by atoms with E-state index in [0.717, 1.165) is 37.0 Å². The first kappa shape index (κ1) is 13.1. The van der Waals surface area contributed by atoms with Gasteiger partial charge < -0.3 is 11.1 Å². The van der Waals surface area contributed by atoms with Crippen molar-refractivity contribution in [3.05, 3.63) is 0 Å². The van der Waals surface area contributed by atoms with Crippen LogP contribution in [0, 0.1) is 23.2 Å². The van der Waals surface area contributed by atoms with Crippen LogP contribution in [0.15, 0.2) is 0 Å². The summed E-state index contributed by atoms with van der Waals surface area (Å²) in [5, 5.41) is 3.24. The van der Waals surface area contributed by atoms with Gasteiger partial charge in [0.2, 0.25) is 5.91 Å². The maximum Gasteiger partial charge on any atom is 0.220 e. The molecule has 0 radical (unpaired) electrons. The molecule has 4 bridgehead atoms. The topological polar surface area (TPSA) is 55.1 Å². The average Bonchev–Trinajstić information content (AvgIpc) is 2.72. The zero-order valence-corrected chi connectivity index (χ0v) is 12.4. The van der Waals surface area contributed by atoms with Crippen LogP contribution in [0.3, 0.4) is 0 Å². The lowest BCUT2D eigenvalue weighted by molar-refractivity contribution is -0.130. The minimum absolute atomic E-state index is 0.190. The normalized spacial score (nSPS) is 49.5. The molecule has 5 aliphatic rings. The molecule has 0 aliphatic heterocycles. The van der Waals surface area contributed by atoms with Crippen molar-refractivity contribution >= 4 is 5.91 Å². The second-order valence-electron chi connectivity index (χ2n) is 8.36. The molecule has 1 amide bonds. The Bertz CT molecular complexity index is 371. The molecule has 5 fully saturated rings. The largest absolute Gasteiger partial charge is 0.352 e. The van der Waals surface area contributed by atoms with Crippen LogP contribution in [0.4, 0.5) is 0 Å². The van der Waals surface area contributed by atoms with Gasteiger partial charge in [-0.05, 0) is 81.0 Å². The zero-order valence-electron chi connectivity index (χ0n) is 12.4. The zero-order chi connectivity index (χ0) is 13.7. The maximum absolute atomic E-state index is 12.5. The smallest absolute Gasteiger partial charge is 0.220 e. The van der Waals surface area contributed by atoms with Gasteiger partial charge in [-0.15, -0.1) is 0 Å². The van der Waals surface area contributed by atoms with E-state index in [1.807, 2.05) is 0 Å². The second-order valence-corrected chi connectivity index (χ2v) is 8.36. The van der Waals surface area contributed by atoms with E-state index in [4.69, 9.17) is 5.73 Å². The van der Waals surface area contributed by atoms with E-state index in [-0.39, 0.29) is 18.0 Å². The highest BCUT2D eigenvalue weighted by Gasteiger charge is 2.51. The van der Waals surface area contributed by atoms with Crippen molar-refractivity contribution in [3.8, 4) is 0 Å². The summed E-state index contributed by atoms with van der Waals surface area (Å²) in [5.74, 6) is 3.09. The van der Waals surface area contributed by atoms with E-state index in [1.165, 1.54) is 44.9 Å². The fraction of sp³-hybridized carbons (Fsp3) is 0.941. The molecule has 5 saturated carbocycles. The molecule has 0 saturated heterocycles. The highest BCUT2D eigenvalue weighted by molar-refractivity contribution is 5.77. The van der Waals surface area contributed by atoms with E-state index in [9.17, 15) is 4.79 Å². The lowest BCUT2D eigenvalue weighted by Crippen LogP contribution is -2.50. The standard InChI is InChI=1S/C17H28N2O/c18-14-2-1-3-15(14)19-16(20)10-17-7-11-4-12(8-17)6-13(5-11)9-17/h11-15H,1-10,18H2,(H,19,20). The Kier molecular flexibility index (Phi) is 3.10. The molecule has 0 aromatic rings. The first-order valence-electron chi connectivity index (χ1n) is 8.67. The van der Waals surface area contributed by atoms with E-state index >= 15 is 0 Å². The first-order chi connectivity index (χ1) is 9.62. The van der Waals surface area contributed by atoms with Crippen molar-refractivity contribution in [2.75, 3.05) is 0 Å². The highest BCUT2D eigenvalue weighted by atomic mass is 16.1. The van der Waals surface area contributed by atoms with E-state index in [2.05, 4.69) is 5.32 Å². The molecule has 0 aromatic heterocycles. The Morgan fingerprint density at radius 3 is 2.15 bits per heavy atom. The summed E-state index contributed by atoms with van der Waals surface area (Å²) in [6.07, 6.45) is 12.4. The quantitative estimate of drug-likeness (QED) is 0.832. The number of rotatable bonds is 3. The lowest BCUT2D eigenvalue weighted by Gasteiger charge is -2.56. The highest BCUT2D eigenvalue weighted by Crippen LogP contribution is 2.61. The monoisotopic (exact) mass is 276 g/mol. The second kappa shape index (κ2) is 4.72. The molecular formula is C17H28N2O. The Labute approximate surface area is 122 Å². The van der Waals surface area contributed by atoms with Crippen molar-refractivity contribution in [1.82, 2.24) is 5.32 Å². The summed E-state index contributed by atoms with van der Waals surface area (Å²) >= 11 is 0. The molecule has 0 aromatic carbocycles. The Balaban J connectivity index is 1.39. The molecule has 0 heterocycles. The van der Waals surface area contributed by atoms with E-state index < -0.39 is 0 Å². The van der Waals surface area contributed by atoms with Crippen molar-refractivity contribution in [2.45, 2.75) is 76.3 Å². The van der Waals surface area contributed by atoms with Crippen LogP contribution in [-0.4, -0.2) is 18.0 Å². The molecule has 5 rings (SSSR count). The van der Waals surface area contributed by atoms with Gasteiger partial charge in [0.05, 0.1) is 0 Å². The van der Waals surface area contributed by atoms with Gasteiger partial charge >= 0.3 is 0 Å². The van der Waals surface area contributed by atoms with E-state index in [0.29, 0.717) is 5.41 Å². The third-order valence-electron chi connectivity index (χ3n) is 6.62. The number of nitrogens with one attached hydrogen (secondary N) is 1. The summed E-state index contributed by atoms with van der Waals surface area (Å²) < 4.78 is 0. The summed E-state index contributed by atoms with van der Waals surface area (Å²) in [6, 6.07) is 0.437. The maximum atomic E-state index is 12.5. The number of hydrogen-bond donors (Lipinski definition) is 2. The predicted molar refractivity (Wildman–Crippen MR) is 79.0 cm³/mol. The molecule has 5 aliphatic carbocycles. The van der Waals surface area contributed by atoms with Gasteiger partial charge in [0.1, 0.15) is 0 Å². The van der Waals surface area contributed by atoms with Crippen LogP contribution < -0.4 is 11.1 Å². The third kappa shape index (κ3) is 2.28. The molecular weight excluding hydrogens is 248 g/mol. The van der Waals surface area contributed by atoms with Gasteiger partial charge in [-0.25, -0.2) is 0 Å². The fourth-order valence-corrected chi connectivity index (χ4v) is 6.27. The predicted octanol–water partition coefficient (Wildman–Crippen LogP) is 2.59. The molecule has 112 valence electrons. The molecule has 20 heavy (non-hydrogen) atoms. The summed E-state index contributed by atoms with van der Waals surface area (Å²) in [5.41, 5.74) is 6.44. The number of carbonyl (C=O) groups is 1. The van der Waals surface area contributed by atoms with Crippen molar-refractivity contribution < 1.29 is 4.79 Å². The van der Waals surface area contributed by atoms with Gasteiger partial charge in [0.25, 0.3) is 0 Å². The van der Waals surface area contributed by atoms with Crippen LogP contribution in [0.5, 0.6) is 0 Å². The Hall–Kier alpha value is -0.570. The number of hydrogen-bond acceptors (Lipinski definition) is 2. The molecule has 3 nitrogen and oxygen atoms in total.